The molecule has 124 valence electrons. The van der Waals surface area contributed by atoms with Crippen molar-refractivity contribution in [3.05, 3.63) is 60.3 Å². The van der Waals surface area contributed by atoms with Crippen molar-refractivity contribution in [2.24, 2.45) is 0 Å². The summed E-state index contributed by atoms with van der Waals surface area (Å²) < 4.78 is 6.29. The molecule has 0 aliphatic carbocycles. The largest absolute Gasteiger partial charge is 0.454 e. The number of benzene rings is 2. The lowest BCUT2D eigenvalue weighted by molar-refractivity contribution is 0.661. The Morgan fingerprint density at radius 1 is 1.00 bits per heavy atom. The molecule has 4 heteroatoms. The maximum atomic E-state index is 6.29. The first-order valence-electron chi connectivity index (χ1n) is 8.55. The lowest BCUT2D eigenvalue weighted by atomic mass is 10.1. The standard InChI is InChI=1S/C21H19N3O/c1-13-10-11-16-15-7-4-5-9-18(15)25-20(16)19(13)24-14(2)23(3)21-17(24)8-6-12-22-21/h4-12,14H,1-3H3/t14-/m0/s1. The second-order valence-corrected chi connectivity index (χ2v) is 6.66. The van der Waals surface area contributed by atoms with Gasteiger partial charge >= 0.3 is 0 Å². The van der Waals surface area contributed by atoms with Crippen LogP contribution in [0.2, 0.25) is 0 Å². The number of para-hydroxylation sites is 1. The van der Waals surface area contributed by atoms with Crippen molar-refractivity contribution in [3.63, 3.8) is 0 Å². The molecule has 2 aromatic carbocycles. The van der Waals surface area contributed by atoms with Crippen molar-refractivity contribution in [2.75, 3.05) is 16.8 Å². The van der Waals surface area contributed by atoms with Crippen LogP contribution in [-0.4, -0.2) is 18.2 Å². The van der Waals surface area contributed by atoms with Crippen molar-refractivity contribution < 1.29 is 4.42 Å². The van der Waals surface area contributed by atoms with Crippen LogP contribution in [0, 0.1) is 6.92 Å². The Balaban J connectivity index is 1.85. The highest BCUT2D eigenvalue weighted by Crippen LogP contribution is 2.46. The number of furan rings is 1. The fraction of sp³-hybridized carbons (Fsp3) is 0.190. The van der Waals surface area contributed by atoms with Crippen LogP contribution >= 0.6 is 0 Å². The van der Waals surface area contributed by atoms with Gasteiger partial charge in [0.2, 0.25) is 0 Å². The van der Waals surface area contributed by atoms with E-state index in [4.69, 9.17) is 4.42 Å². The zero-order valence-electron chi connectivity index (χ0n) is 14.5. The van der Waals surface area contributed by atoms with Gasteiger partial charge in [0.05, 0.1) is 11.4 Å². The molecule has 0 unspecified atom stereocenters. The van der Waals surface area contributed by atoms with Crippen LogP contribution in [0.25, 0.3) is 21.9 Å². The Morgan fingerprint density at radius 3 is 2.72 bits per heavy atom. The Bertz CT molecular complexity index is 1110. The molecule has 1 atom stereocenters. The summed E-state index contributed by atoms with van der Waals surface area (Å²) in [5.41, 5.74) is 5.31. The first-order valence-corrected chi connectivity index (χ1v) is 8.55. The van der Waals surface area contributed by atoms with Gasteiger partial charge in [0.15, 0.2) is 11.4 Å². The van der Waals surface area contributed by atoms with Gasteiger partial charge < -0.3 is 14.2 Å². The predicted molar refractivity (Wildman–Crippen MR) is 103 cm³/mol. The molecule has 3 heterocycles. The summed E-state index contributed by atoms with van der Waals surface area (Å²) in [5, 5.41) is 2.31. The predicted octanol–water partition coefficient (Wildman–Crippen LogP) is 5.22. The molecule has 0 bridgehead atoms. The van der Waals surface area contributed by atoms with E-state index >= 15 is 0 Å². The number of nitrogens with zero attached hydrogens (tertiary/aromatic N) is 3. The van der Waals surface area contributed by atoms with Crippen molar-refractivity contribution in [3.8, 4) is 0 Å². The van der Waals surface area contributed by atoms with E-state index in [9.17, 15) is 0 Å². The lowest BCUT2D eigenvalue weighted by Gasteiger charge is -2.28. The molecule has 0 radical (unpaired) electrons. The van der Waals surface area contributed by atoms with E-state index in [1.807, 2.05) is 24.4 Å². The van der Waals surface area contributed by atoms with E-state index < -0.39 is 0 Å². The summed E-state index contributed by atoms with van der Waals surface area (Å²) in [6.45, 7) is 4.34. The maximum Gasteiger partial charge on any atom is 0.159 e. The highest BCUT2D eigenvalue weighted by molar-refractivity contribution is 6.10. The summed E-state index contributed by atoms with van der Waals surface area (Å²) >= 11 is 0. The molecule has 25 heavy (non-hydrogen) atoms. The SMILES string of the molecule is Cc1ccc2c(oc3ccccc32)c1N1c2cccnc2N(C)[C@@H]1C. The van der Waals surface area contributed by atoms with Gasteiger partial charge in [-0.1, -0.05) is 30.3 Å². The Hall–Kier alpha value is -3.01. The third-order valence-corrected chi connectivity index (χ3v) is 5.26. The average Bonchev–Trinajstić information content (AvgIpc) is 3.12. The molecule has 0 saturated heterocycles. The van der Waals surface area contributed by atoms with Gasteiger partial charge in [0, 0.05) is 24.0 Å². The minimum atomic E-state index is 0.169. The van der Waals surface area contributed by atoms with Crippen LogP contribution in [0.4, 0.5) is 17.2 Å². The second-order valence-electron chi connectivity index (χ2n) is 6.66. The number of hydrogen-bond donors (Lipinski definition) is 0. The van der Waals surface area contributed by atoms with Gasteiger partial charge in [-0.25, -0.2) is 4.98 Å². The molecule has 0 N–H and O–H groups in total. The Kier molecular flexibility index (Phi) is 2.86. The molecule has 0 spiro atoms. The highest BCUT2D eigenvalue weighted by atomic mass is 16.3. The number of anilines is 3. The monoisotopic (exact) mass is 329 g/mol. The molecule has 5 rings (SSSR count). The van der Waals surface area contributed by atoms with Crippen LogP contribution in [0.1, 0.15) is 12.5 Å². The molecule has 0 fully saturated rings. The van der Waals surface area contributed by atoms with Gasteiger partial charge in [0.1, 0.15) is 11.7 Å². The van der Waals surface area contributed by atoms with Crippen LogP contribution in [0.5, 0.6) is 0 Å². The van der Waals surface area contributed by atoms with Gasteiger partial charge in [-0.05, 0) is 37.6 Å². The topological polar surface area (TPSA) is 32.5 Å². The zero-order chi connectivity index (χ0) is 17.1. The minimum Gasteiger partial charge on any atom is -0.454 e. The minimum absolute atomic E-state index is 0.169. The van der Waals surface area contributed by atoms with E-state index in [1.165, 1.54) is 5.56 Å². The van der Waals surface area contributed by atoms with E-state index in [2.05, 4.69) is 66.0 Å². The van der Waals surface area contributed by atoms with Crippen LogP contribution in [0.15, 0.2) is 59.1 Å². The molecule has 4 nitrogen and oxygen atoms in total. The van der Waals surface area contributed by atoms with E-state index in [0.29, 0.717) is 0 Å². The summed E-state index contributed by atoms with van der Waals surface area (Å²) in [7, 11) is 2.09. The van der Waals surface area contributed by atoms with Crippen LogP contribution < -0.4 is 9.80 Å². The van der Waals surface area contributed by atoms with E-state index in [-0.39, 0.29) is 6.17 Å². The van der Waals surface area contributed by atoms with E-state index in [1.54, 1.807) is 0 Å². The van der Waals surface area contributed by atoms with Crippen molar-refractivity contribution >= 4 is 39.1 Å². The van der Waals surface area contributed by atoms with Crippen molar-refractivity contribution in [1.29, 1.82) is 0 Å². The first-order chi connectivity index (χ1) is 12.2. The number of aryl methyl sites for hydroxylation is 1. The molecule has 0 amide bonds. The molecule has 0 saturated carbocycles. The maximum absolute atomic E-state index is 6.29. The third kappa shape index (κ3) is 1.85. The fourth-order valence-corrected chi connectivity index (χ4v) is 3.88. The van der Waals surface area contributed by atoms with Crippen LogP contribution in [0.3, 0.4) is 0 Å². The molecule has 4 aromatic rings. The molecule has 1 aliphatic heterocycles. The Morgan fingerprint density at radius 2 is 1.84 bits per heavy atom. The molecular formula is C21H19N3O. The summed E-state index contributed by atoms with van der Waals surface area (Å²) in [5.74, 6) is 1.00. The summed E-state index contributed by atoms with van der Waals surface area (Å²) in [6, 6.07) is 16.7. The molecule has 2 aromatic heterocycles. The number of aromatic nitrogens is 1. The number of fused-ring (bicyclic) bond motifs is 4. The van der Waals surface area contributed by atoms with Gasteiger partial charge in [-0.3, -0.25) is 0 Å². The van der Waals surface area contributed by atoms with Crippen LogP contribution in [-0.2, 0) is 0 Å². The molecule has 1 aliphatic rings. The fourth-order valence-electron chi connectivity index (χ4n) is 3.88. The smallest absolute Gasteiger partial charge is 0.159 e. The third-order valence-electron chi connectivity index (χ3n) is 5.26. The van der Waals surface area contributed by atoms with E-state index in [0.717, 1.165) is 39.1 Å². The van der Waals surface area contributed by atoms with Gasteiger partial charge in [-0.2, -0.15) is 0 Å². The number of rotatable bonds is 1. The highest BCUT2D eigenvalue weighted by Gasteiger charge is 2.35. The lowest BCUT2D eigenvalue weighted by Crippen LogP contribution is -2.36. The van der Waals surface area contributed by atoms with Gasteiger partial charge in [0.25, 0.3) is 0 Å². The first kappa shape index (κ1) is 14.3. The zero-order valence-corrected chi connectivity index (χ0v) is 14.5. The normalized spacial score (nSPS) is 16.8. The average molecular weight is 329 g/mol. The Labute approximate surface area is 146 Å². The summed E-state index contributed by atoms with van der Waals surface area (Å²) in [6.07, 6.45) is 2.02. The number of pyridine rings is 1. The van der Waals surface area contributed by atoms with Crippen molar-refractivity contribution in [2.45, 2.75) is 20.0 Å². The quantitative estimate of drug-likeness (QED) is 0.479. The van der Waals surface area contributed by atoms with Gasteiger partial charge in [-0.15, -0.1) is 0 Å². The van der Waals surface area contributed by atoms with Crippen molar-refractivity contribution in [1.82, 2.24) is 4.98 Å². The summed E-state index contributed by atoms with van der Waals surface area (Å²) in [4.78, 5) is 9.11. The number of hydrogen-bond acceptors (Lipinski definition) is 4. The second kappa shape index (κ2) is 4.99. The molecular weight excluding hydrogens is 310 g/mol.